The van der Waals surface area contributed by atoms with Crippen molar-refractivity contribution in [2.24, 2.45) is 5.92 Å². The lowest BCUT2D eigenvalue weighted by Crippen LogP contribution is -2.48. The van der Waals surface area contributed by atoms with E-state index in [1.165, 1.54) is 32.1 Å². The van der Waals surface area contributed by atoms with E-state index in [2.05, 4.69) is 6.92 Å². The third-order valence-electron chi connectivity index (χ3n) is 4.97. The lowest BCUT2D eigenvalue weighted by Gasteiger charge is -2.40. The second-order valence-corrected chi connectivity index (χ2v) is 8.02. The molecule has 0 aromatic heterocycles. The highest BCUT2D eigenvalue weighted by atomic mass is 32.2. The molecule has 1 N–H and O–H groups in total. The lowest BCUT2D eigenvalue weighted by atomic mass is 9.93. The van der Waals surface area contributed by atoms with E-state index in [0.717, 1.165) is 37.7 Å². The van der Waals surface area contributed by atoms with Crippen LogP contribution in [0.5, 0.6) is 0 Å². The van der Waals surface area contributed by atoms with E-state index in [4.69, 9.17) is 28.4 Å². The molecule has 0 fully saturated rings. The minimum Gasteiger partial charge on any atom is -0.382 e. The van der Waals surface area contributed by atoms with E-state index in [0.29, 0.717) is 45.4 Å². The summed E-state index contributed by atoms with van der Waals surface area (Å²) in [7, 11) is 4.94. The minimum absolute atomic E-state index is 0.0430. The van der Waals surface area contributed by atoms with E-state index in [1.54, 1.807) is 21.3 Å². The standard InChI is InChI=1S/C22H46O7S/c1-5-6-7-8-9-10-12-21(13-11-20-30-23)22(27-17-14-24-2,28-18-15-25-3)29-19-16-26-4/h21,23H,5-20H2,1-4H3. The van der Waals surface area contributed by atoms with Gasteiger partial charge in [0.1, 0.15) is 0 Å². The molecule has 7 nitrogen and oxygen atoms in total. The van der Waals surface area contributed by atoms with Gasteiger partial charge < -0.3 is 33.0 Å². The summed E-state index contributed by atoms with van der Waals surface area (Å²) in [6.07, 6.45) is 10.0. The van der Waals surface area contributed by atoms with E-state index in [9.17, 15) is 4.55 Å². The maximum absolute atomic E-state index is 9.17. The fourth-order valence-corrected chi connectivity index (χ4v) is 3.64. The molecule has 0 bridgehead atoms. The van der Waals surface area contributed by atoms with Crippen molar-refractivity contribution in [2.45, 2.75) is 70.7 Å². The quantitative estimate of drug-likeness (QED) is 0.124. The summed E-state index contributed by atoms with van der Waals surface area (Å²) < 4.78 is 43.3. The normalized spacial score (nSPS) is 13.1. The Labute approximate surface area is 188 Å². The molecule has 1 atom stereocenters. The molecule has 0 aromatic carbocycles. The molecule has 0 saturated heterocycles. The van der Waals surface area contributed by atoms with Gasteiger partial charge in [0.15, 0.2) is 0 Å². The second-order valence-electron chi connectivity index (χ2n) is 7.36. The molecular weight excluding hydrogens is 408 g/mol. The number of rotatable bonds is 24. The Morgan fingerprint density at radius 3 is 1.60 bits per heavy atom. The smallest absolute Gasteiger partial charge is 0.286 e. The molecule has 0 rings (SSSR count). The highest BCUT2D eigenvalue weighted by molar-refractivity contribution is 7.93. The number of methoxy groups -OCH3 is 3. The zero-order chi connectivity index (χ0) is 22.3. The fraction of sp³-hybridized carbons (Fsp3) is 1.00. The lowest BCUT2D eigenvalue weighted by molar-refractivity contribution is -0.410. The third kappa shape index (κ3) is 15.0. The molecule has 182 valence electrons. The van der Waals surface area contributed by atoms with Crippen LogP contribution in [0.1, 0.15) is 64.7 Å². The molecular formula is C22H46O7S. The van der Waals surface area contributed by atoms with Crippen molar-refractivity contribution in [1.29, 1.82) is 0 Å². The molecule has 1 unspecified atom stereocenters. The largest absolute Gasteiger partial charge is 0.382 e. The van der Waals surface area contributed by atoms with Crippen LogP contribution in [-0.4, -0.2) is 77.2 Å². The van der Waals surface area contributed by atoms with Crippen LogP contribution in [0, 0.1) is 5.92 Å². The maximum atomic E-state index is 9.17. The Hall–Kier alpha value is 0.0700. The zero-order valence-corrected chi connectivity index (χ0v) is 20.5. The Morgan fingerprint density at radius 1 is 0.667 bits per heavy atom. The van der Waals surface area contributed by atoms with Crippen molar-refractivity contribution in [3.63, 3.8) is 0 Å². The molecule has 0 amide bonds. The summed E-state index contributed by atoms with van der Waals surface area (Å²) in [6, 6.07) is 0. The molecule has 0 aromatic rings. The Morgan fingerprint density at radius 2 is 1.13 bits per heavy atom. The van der Waals surface area contributed by atoms with Gasteiger partial charge in [0, 0.05) is 33.0 Å². The summed E-state index contributed by atoms with van der Waals surface area (Å²) in [6.45, 7) is 4.72. The average molecular weight is 455 g/mol. The molecule has 0 aliphatic carbocycles. The van der Waals surface area contributed by atoms with Gasteiger partial charge in [-0.2, -0.15) is 0 Å². The van der Waals surface area contributed by atoms with E-state index >= 15 is 0 Å². The SMILES string of the molecule is CCCCCCCCC(CCCSO)C(OCCOC)(OCCOC)OCCOC. The monoisotopic (exact) mass is 454 g/mol. The van der Waals surface area contributed by atoms with Crippen molar-refractivity contribution in [3.8, 4) is 0 Å². The second kappa shape index (κ2) is 22.3. The summed E-state index contributed by atoms with van der Waals surface area (Å²) in [5, 5.41) is 0. The van der Waals surface area contributed by atoms with Crippen LogP contribution in [0.15, 0.2) is 0 Å². The first kappa shape index (κ1) is 30.1. The van der Waals surface area contributed by atoms with E-state index in [-0.39, 0.29) is 5.92 Å². The summed E-state index contributed by atoms with van der Waals surface area (Å²) in [5.74, 6) is -0.447. The summed E-state index contributed by atoms with van der Waals surface area (Å²) >= 11 is 0.874. The van der Waals surface area contributed by atoms with Gasteiger partial charge in [-0.3, -0.25) is 0 Å². The molecule has 0 aliphatic rings. The minimum atomic E-state index is -1.17. The molecule has 0 aliphatic heterocycles. The predicted octanol–water partition coefficient (Wildman–Crippen LogP) is 4.98. The van der Waals surface area contributed by atoms with Crippen molar-refractivity contribution in [3.05, 3.63) is 0 Å². The highest BCUT2D eigenvalue weighted by Gasteiger charge is 2.42. The van der Waals surface area contributed by atoms with Gasteiger partial charge >= 0.3 is 0 Å². The zero-order valence-electron chi connectivity index (χ0n) is 19.7. The van der Waals surface area contributed by atoms with Crippen molar-refractivity contribution < 1.29 is 33.0 Å². The molecule has 0 saturated carbocycles. The molecule has 0 spiro atoms. The third-order valence-corrected chi connectivity index (χ3v) is 5.44. The molecule has 8 heteroatoms. The van der Waals surface area contributed by atoms with Crippen LogP contribution < -0.4 is 0 Å². The van der Waals surface area contributed by atoms with Gasteiger partial charge in [0.25, 0.3) is 5.97 Å². The molecule has 0 radical (unpaired) electrons. The van der Waals surface area contributed by atoms with Crippen LogP contribution in [0.25, 0.3) is 0 Å². The first-order valence-electron chi connectivity index (χ1n) is 11.4. The predicted molar refractivity (Wildman–Crippen MR) is 122 cm³/mol. The van der Waals surface area contributed by atoms with Gasteiger partial charge in [0.2, 0.25) is 0 Å². The maximum Gasteiger partial charge on any atom is 0.286 e. The Bertz CT molecular complexity index is 321. The van der Waals surface area contributed by atoms with Crippen molar-refractivity contribution in [2.75, 3.05) is 66.7 Å². The fourth-order valence-electron chi connectivity index (χ4n) is 3.34. The van der Waals surface area contributed by atoms with Crippen molar-refractivity contribution >= 4 is 12.0 Å². The van der Waals surface area contributed by atoms with Crippen LogP contribution in [-0.2, 0) is 28.4 Å². The van der Waals surface area contributed by atoms with Gasteiger partial charge in [-0.05, 0) is 31.3 Å². The average Bonchev–Trinajstić information content (AvgIpc) is 2.75. The number of hydrogen-bond donors (Lipinski definition) is 1. The van der Waals surface area contributed by atoms with E-state index in [1.807, 2.05) is 0 Å². The highest BCUT2D eigenvalue weighted by Crippen LogP contribution is 2.34. The summed E-state index contributed by atoms with van der Waals surface area (Å²) in [5.41, 5.74) is 0. The first-order valence-corrected chi connectivity index (χ1v) is 12.3. The first-order chi connectivity index (χ1) is 14.7. The number of unbranched alkanes of at least 4 members (excludes halogenated alkanes) is 5. The summed E-state index contributed by atoms with van der Waals surface area (Å²) in [4.78, 5) is 0. The topological polar surface area (TPSA) is 75.6 Å². The van der Waals surface area contributed by atoms with Gasteiger partial charge in [-0.15, -0.1) is 0 Å². The number of ether oxygens (including phenoxy) is 6. The Kier molecular flexibility index (Phi) is 22.3. The van der Waals surface area contributed by atoms with Crippen LogP contribution in [0.3, 0.4) is 0 Å². The molecule has 30 heavy (non-hydrogen) atoms. The van der Waals surface area contributed by atoms with Gasteiger partial charge in [0.05, 0.1) is 39.6 Å². The van der Waals surface area contributed by atoms with Crippen LogP contribution in [0.4, 0.5) is 0 Å². The van der Waals surface area contributed by atoms with Gasteiger partial charge in [-0.1, -0.05) is 45.4 Å². The van der Waals surface area contributed by atoms with Crippen molar-refractivity contribution in [1.82, 2.24) is 0 Å². The Balaban J connectivity index is 5.25. The van der Waals surface area contributed by atoms with Crippen LogP contribution in [0.2, 0.25) is 0 Å². The van der Waals surface area contributed by atoms with Crippen LogP contribution >= 0.6 is 12.0 Å². The van der Waals surface area contributed by atoms with Gasteiger partial charge in [-0.25, -0.2) is 0 Å². The van der Waals surface area contributed by atoms with E-state index < -0.39 is 5.97 Å². The molecule has 0 heterocycles. The number of hydrogen-bond acceptors (Lipinski definition) is 8.